The van der Waals surface area contributed by atoms with Crippen LogP contribution in [0, 0.1) is 0 Å². The van der Waals surface area contributed by atoms with Gasteiger partial charge in [-0.2, -0.15) is 0 Å². The molecule has 0 amide bonds. The molecule has 1 aromatic carbocycles. The Kier molecular flexibility index (Phi) is 9.10. The number of carboxylic acid groups (broad SMARTS) is 1. The van der Waals surface area contributed by atoms with Crippen molar-refractivity contribution in [2.45, 2.75) is 13.3 Å². The van der Waals surface area contributed by atoms with Crippen molar-refractivity contribution in [1.29, 1.82) is 0 Å². The van der Waals surface area contributed by atoms with Gasteiger partial charge in [-0.1, -0.05) is 56.0 Å². The zero-order valence-electron chi connectivity index (χ0n) is 12.0. The van der Waals surface area contributed by atoms with Crippen molar-refractivity contribution in [2.75, 3.05) is 20.6 Å². The van der Waals surface area contributed by atoms with Gasteiger partial charge in [0, 0.05) is 5.57 Å². The highest BCUT2D eigenvalue weighted by Crippen LogP contribution is 2.05. The van der Waals surface area contributed by atoms with Crippen molar-refractivity contribution < 1.29 is 9.90 Å². The average Bonchev–Trinajstić information content (AvgIpc) is 2.40. The van der Waals surface area contributed by atoms with E-state index >= 15 is 0 Å². The number of benzene rings is 1. The van der Waals surface area contributed by atoms with Crippen molar-refractivity contribution in [3.05, 3.63) is 54.1 Å². The van der Waals surface area contributed by atoms with E-state index in [9.17, 15) is 4.79 Å². The molecule has 0 aliphatic carbocycles. The van der Waals surface area contributed by atoms with Gasteiger partial charge in [0.25, 0.3) is 0 Å². The highest BCUT2D eigenvalue weighted by atomic mass is 16.4. The lowest BCUT2D eigenvalue weighted by molar-refractivity contribution is -0.132. The zero-order chi connectivity index (χ0) is 14.7. The van der Waals surface area contributed by atoms with Crippen LogP contribution in [0.1, 0.15) is 18.9 Å². The van der Waals surface area contributed by atoms with Gasteiger partial charge in [0.15, 0.2) is 0 Å². The van der Waals surface area contributed by atoms with E-state index in [0.717, 1.165) is 12.1 Å². The van der Waals surface area contributed by atoms with Crippen molar-refractivity contribution >= 4 is 12.0 Å². The molecule has 3 heteroatoms. The van der Waals surface area contributed by atoms with E-state index in [-0.39, 0.29) is 5.57 Å². The van der Waals surface area contributed by atoms with Crippen LogP contribution >= 0.6 is 0 Å². The van der Waals surface area contributed by atoms with E-state index in [1.807, 2.05) is 36.4 Å². The number of hydrogen-bond donors (Lipinski definition) is 1. The molecule has 1 aromatic rings. The number of carboxylic acids is 1. The Balaban J connectivity index is 0.000000555. The largest absolute Gasteiger partial charge is 0.478 e. The molecule has 0 radical (unpaired) electrons. The first kappa shape index (κ1) is 17.1. The summed E-state index contributed by atoms with van der Waals surface area (Å²) in [5.74, 6) is -0.942. The minimum absolute atomic E-state index is 0.206. The summed E-state index contributed by atoms with van der Waals surface area (Å²) in [6.07, 6.45) is 4.06. The molecule has 0 aliphatic rings. The summed E-state index contributed by atoms with van der Waals surface area (Å²) in [5.41, 5.74) is 1.27. The van der Waals surface area contributed by atoms with Crippen LogP contribution in [0.25, 0.3) is 6.08 Å². The van der Waals surface area contributed by atoms with Gasteiger partial charge in [0.05, 0.1) is 0 Å². The van der Waals surface area contributed by atoms with Gasteiger partial charge in [-0.3, -0.25) is 0 Å². The van der Waals surface area contributed by atoms with Crippen LogP contribution in [-0.2, 0) is 4.79 Å². The summed E-state index contributed by atoms with van der Waals surface area (Å²) < 4.78 is 0. The molecule has 0 unspecified atom stereocenters. The maximum absolute atomic E-state index is 10.4. The van der Waals surface area contributed by atoms with Crippen molar-refractivity contribution in [3.63, 3.8) is 0 Å². The van der Waals surface area contributed by atoms with E-state index in [2.05, 4.69) is 32.5 Å². The van der Waals surface area contributed by atoms with Crippen molar-refractivity contribution in [1.82, 2.24) is 4.90 Å². The third-order valence-electron chi connectivity index (χ3n) is 2.41. The summed E-state index contributed by atoms with van der Waals surface area (Å²) in [4.78, 5) is 12.5. The minimum Gasteiger partial charge on any atom is -0.478 e. The molecule has 0 saturated heterocycles. The Bertz CT molecular complexity index is 408. The average molecular weight is 261 g/mol. The number of nitrogens with zero attached hydrogens (tertiary/aromatic N) is 1. The van der Waals surface area contributed by atoms with Crippen LogP contribution in [-0.4, -0.2) is 36.6 Å². The quantitative estimate of drug-likeness (QED) is 0.827. The zero-order valence-corrected chi connectivity index (χ0v) is 12.0. The molecule has 0 spiro atoms. The molecule has 1 N–H and O–H groups in total. The van der Waals surface area contributed by atoms with Gasteiger partial charge < -0.3 is 10.0 Å². The third-order valence-corrected chi connectivity index (χ3v) is 2.41. The van der Waals surface area contributed by atoms with Gasteiger partial charge in [-0.25, -0.2) is 4.79 Å². The molecule has 0 aromatic heterocycles. The number of hydrogen-bond acceptors (Lipinski definition) is 2. The number of carbonyl (C=O) groups is 1. The Morgan fingerprint density at radius 2 is 1.84 bits per heavy atom. The summed E-state index contributed by atoms with van der Waals surface area (Å²) in [6.45, 7) is 6.70. The SMILES string of the molecule is C=C(CC=Cc1ccccc1)C(=O)O.CCN(C)C. The lowest BCUT2D eigenvalue weighted by Crippen LogP contribution is -2.08. The number of aliphatic carboxylic acids is 1. The highest BCUT2D eigenvalue weighted by Gasteiger charge is 1.99. The molecule has 19 heavy (non-hydrogen) atoms. The van der Waals surface area contributed by atoms with Gasteiger partial charge in [0.1, 0.15) is 0 Å². The molecule has 0 heterocycles. The monoisotopic (exact) mass is 261 g/mol. The Morgan fingerprint density at radius 1 is 1.32 bits per heavy atom. The van der Waals surface area contributed by atoms with Crippen molar-refractivity contribution in [3.8, 4) is 0 Å². The van der Waals surface area contributed by atoms with Crippen LogP contribution in [0.4, 0.5) is 0 Å². The van der Waals surface area contributed by atoms with Crippen LogP contribution in [0.2, 0.25) is 0 Å². The predicted molar refractivity (Wildman–Crippen MR) is 81.1 cm³/mol. The lowest BCUT2D eigenvalue weighted by Gasteiger charge is -2.00. The second-order valence-corrected chi connectivity index (χ2v) is 4.32. The molecule has 1 rings (SSSR count). The molecule has 104 valence electrons. The Morgan fingerprint density at radius 3 is 2.26 bits per heavy atom. The fourth-order valence-electron chi connectivity index (χ4n) is 0.989. The Labute approximate surface area is 115 Å². The summed E-state index contributed by atoms with van der Waals surface area (Å²) >= 11 is 0. The second-order valence-electron chi connectivity index (χ2n) is 4.32. The molecular formula is C16H23NO2. The Hall–Kier alpha value is -1.87. The second kappa shape index (κ2) is 10.1. The van der Waals surface area contributed by atoms with Gasteiger partial charge in [-0.05, 0) is 32.6 Å². The molecule has 0 bridgehead atoms. The molecule has 0 atom stereocenters. The first-order valence-corrected chi connectivity index (χ1v) is 6.24. The van der Waals surface area contributed by atoms with E-state index in [0.29, 0.717) is 6.42 Å². The minimum atomic E-state index is -0.942. The smallest absolute Gasteiger partial charge is 0.331 e. The van der Waals surface area contributed by atoms with E-state index in [1.54, 1.807) is 6.08 Å². The standard InChI is InChI=1S/C12H12O2.C4H11N/c1-10(12(13)14)6-5-9-11-7-3-2-4-8-11;1-4-5(2)3/h2-5,7-9H,1,6H2,(H,13,14);4H2,1-3H3. The van der Waals surface area contributed by atoms with Crippen LogP contribution in [0.15, 0.2) is 48.6 Å². The van der Waals surface area contributed by atoms with E-state index in [4.69, 9.17) is 5.11 Å². The number of rotatable bonds is 5. The number of allylic oxidation sites excluding steroid dienone is 1. The van der Waals surface area contributed by atoms with Gasteiger partial charge in [0.2, 0.25) is 0 Å². The van der Waals surface area contributed by atoms with Gasteiger partial charge >= 0.3 is 5.97 Å². The molecule has 0 saturated carbocycles. The maximum Gasteiger partial charge on any atom is 0.331 e. The fourth-order valence-corrected chi connectivity index (χ4v) is 0.989. The molecule has 0 fully saturated rings. The van der Waals surface area contributed by atoms with Crippen molar-refractivity contribution in [2.24, 2.45) is 0 Å². The first-order valence-electron chi connectivity index (χ1n) is 6.24. The lowest BCUT2D eigenvalue weighted by atomic mass is 10.1. The summed E-state index contributed by atoms with van der Waals surface area (Å²) in [6, 6.07) is 9.73. The van der Waals surface area contributed by atoms with Crippen LogP contribution in [0.5, 0.6) is 0 Å². The summed E-state index contributed by atoms with van der Waals surface area (Å²) in [7, 11) is 4.11. The van der Waals surface area contributed by atoms with E-state index in [1.165, 1.54) is 0 Å². The maximum atomic E-state index is 10.4. The normalized spacial score (nSPS) is 10.1. The van der Waals surface area contributed by atoms with E-state index < -0.39 is 5.97 Å². The van der Waals surface area contributed by atoms with Crippen LogP contribution < -0.4 is 0 Å². The highest BCUT2D eigenvalue weighted by molar-refractivity contribution is 5.86. The fraction of sp³-hybridized carbons (Fsp3) is 0.312. The topological polar surface area (TPSA) is 40.5 Å². The molecule has 3 nitrogen and oxygen atoms in total. The molecular weight excluding hydrogens is 238 g/mol. The molecule has 0 aliphatic heterocycles. The predicted octanol–water partition coefficient (Wildman–Crippen LogP) is 3.30. The van der Waals surface area contributed by atoms with Crippen LogP contribution in [0.3, 0.4) is 0 Å². The first-order chi connectivity index (χ1) is 8.97. The van der Waals surface area contributed by atoms with Gasteiger partial charge in [-0.15, -0.1) is 0 Å². The summed E-state index contributed by atoms with van der Waals surface area (Å²) in [5, 5.41) is 8.55. The third kappa shape index (κ3) is 9.80.